The van der Waals surface area contributed by atoms with Crippen molar-refractivity contribution in [3.8, 4) is 0 Å². The molecule has 0 aliphatic heterocycles. The van der Waals surface area contributed by atoms with Crippen LogP contribution < -0.4 is 16.8 Å². The second kappa shape index (κ2) is 4.47. The summed E-state index contributed by atoms with van der Waals surface area (Å²) in [6.45, 7) is 1.96. The summed E-state index contributed by atoms with van der Waals surface area (Å²) in [5, 5.41) is 3.72. The molecule has 0 bridgehead atoms. The highest BCUT2D eigenvalue weighted by molar-refractivity contribution is 6.30. The van der Waals surface area contributed by atoms with E-state index in [2.05, 4.69) is 15.3 Å². The van der Waals surface area contributed by atoms with Gasteiger partial charge >= 0.3 is 0 Å². The van der Waals surface area contributed by atoms with Crippen LogP contribution in [0.25, 0.3) is 0 Å². The lowest BCUT2D eigenvalue weighted by atomic mass is 10.2. The number of hydrogen-bond acceptors (Lipinski definition) is 5. The zero-order valence-electron chi connectivity index (χ0n) is 9.24. The third-order valence-corrected chi connectivity index (χ3v) is 2.60. The summed E-state index contributed by atoms with van der Waals surface area (Å²) in [6, 6.07) is 5.53. The molecule has 0 radical (unpaired) electrons. The van der Waals surface area contributed by atoms with Crippen LogP contribution in [0.5, 0.6) is 0 Å². The first-order valence-electron chi connectivity index (χ1n) is 4.97. The van der Waals surface area contributed by atoms with E-state index in [1.807, 2.05) is 19.1 Å². The zero-order valence-corrected chi connectivity index (χ0v) is 9.99. The molecule has 0 fully saturated rings. The van der Waals surface area contributed by atoms with E-state index in [1.54, 1.807) is 6.07 Å². The van der Waals surface area contributed by atoms with E-state index in [0.717, 1.165) is 11.3 Å². The molecule has 2 rings (SSSR count). The maximum absolute atomic E-state index is 5.93. The van der Waals surface area contributed by atoms with Crippen molar-refractivity contribution in [3.63, 3.8) is 0 Å². The van der Waals surface area contributed by atoms with Gasteiger partial charge in [-0.25, -0.2) is 9.97 Å². The monoisotopic (exact) mass is 249 g/mol. The number of nitrogens with two attached hydrogens (primary N) is 2. The van der Waals surface area contributed by atoms with Crippen LogP contribution in [-0.4, -0.2) is 9.97 Å². The van der Waals surface area contributed by atoms with Crippen LogP contribution in [0.4, 0.5) is 23.0 Å². The second-order valence-electron chi connectivity index (χ2n) is 3.61. The fraction of sp³-hybridized carbons (Fsp3) is 0.0909. The van der Waals surface area contributed by atoms with Crippen LogP contribution in [0.2, 0.25) is 5.02 Å². The van der Waals surface area contributed by atoms with E-state index in [1.165, 1.54) is 6.33 Å². The molecule has 6 heteroatoms. The fourth-order valence-electron chi connectivity index (χ4n) is 1.37. The Bertz CT molecular complexity index is 556. The highest BCUT2D eigenvalue weighted by atomic mass is 35.5. The molecule has 0 saturated carbocycles. The zero-order chi connectivity index (χ0) is 12.4. The van der Waals surface area contributed by atoms with Gasteiger partial charge in [0, 0.05) is 10.7 Å². The number of hydrogen-bond donors (Lipinski definition) is 3. The second-order valence-corrected chi connectivity index (χ2v) is 4.04. The minimum absolute atomic E-state index is 0.252. The fourth-order valence-corrected chi connectivity index (χ4v) is 1.54. The van der Waals surface area contributed by atoms with E-state index in [0.29, 0.717) is 16.5 Å². The number of nitrogen functional groups attached to an aromatic ring is 2. The SMILES string of the molecule is Cc1ccc(Cl)cc1Nc1ncnc(N)c1N. The molecular formula is C11H12ClN5. The third-order valence-electron chi connectivity index (χ3n) is 2.37. The molecule has 0 aliphatic carbocycles. The Morgan fingerprint density at radius 2 is 2.00 bits per heavy atom. The summed E-state index contributed by atoms with van der Waals surface area (Å²) >= 11 is 5.93. The Balaban J connectivity index is 2.38. The predicted octanol–water partition coefficient (Wildman–Crippen LogP) is 2.35. The number of nitrogens with one attached hydrogen (secondary N) is 1. The number of halogens is 1. The van der Waals surface area contributed by atoms with Crippen LogP contribution in [-0.2, 0) is 0 Å². The topological polar surface area (TPSA) is 89.8 Å². The lowest BCUT2D eigenvalue weighted by Crippen LogP contribution is -2.05. The van der Waals surface area contributed by atoms with Gasteiger partial charge in [-0.1, -0.05) is 17.7 Å². The van der Waals surface area contributed by atoms with Gasteiger partial charge in [-0.05, 0) is 24.6 Å². The summed E-state index contributed by atoms with van der Waals surface area (Å²) in [5.74, 6) is 0.727. The number of aryl methyl sites for hydroxylation is 1. The van der Waals surface area contributed by atoms with E-state index in [4.69, 9.17) is 23.1 Å². The van der Waals surface area contributed by atoms with Gasteiger partial charge in [0.05, 0.1) is 0 Å². The quantitative estimate of drug-likeness (QED) is 0.760. The van der Waals surface area contributed by atoms with Crippen LogP contribution in [0.1, 0.15) is 5.56 Å². The van der Waals surface area contributed by atoms with Crippen molar-refractivity contribution in [2.75, 3.05) is 16.8 Å². The van der Waals surface area contributed by atoms with Gasteiger partial charge in [-0.15, -0.1) is 0 Å². The first kappa shape index (κ1) is 11.5. The molecule has 0 atom stereocenters. The van der Waals surface area contributed by atoms with Crippen LogP contribution >= 0.6 is 11.6 Å². The van der Waals surface area contributed by atoms with Crippen LogP contribution in [0, 0.1) is 6.92 Å². The van der Waals surface area contributed by atoms with Crippen molar-refractivity contribution < 1.29 is 0 Å². The molecule has 17 heavy (non-hydrogen) atoms. The van der Waals surface area contributed by atoms with Gasteiger partial charge in [-0.3, -0.25) is 0 Å². The minimum Gasteiger partial charge on any atom is -0.393 e. The third kappa shape index (κ3) is 2.39. The molecule has 0 amide bonds. The number of anilines is 4. The maximum atomic E-state index is 5.93. The molecule has 1 heterocycles. The summed E-state index contributed by atoms with van der Waals surface area (Å²) in [4.78, 5) is 7.83. The van der Waals surface area contributed by atoms with Crippen molar-refractivity contribution in [1.29, 1.82) is 0 Å². The molecule has 5 N–H and O–H groups in total. The smallest absolute Gasteiger partial charge is 0.159 e. The molecule has 5 nitrogen and oxygen atoms in total. The Hall–Kier alpha value is -2.01. The molecular weight excluding hydrogens is 238 g/mol. The first-order chi connectivity index (χ1) is 8.08. The average Bonchev–Trinajstić information content (AvgIpc) is 2.30. The first-order valence-corrected chi connectivity index (χ1v) is 5.35. The summed E-state index contributed by atoms with van der Waals surface area (Å²) in [7, 11) is 0. The predicted molar refractivity (Wildman–Crippen MR) is 70.3 cm³/mol. The molecule has 0 aliphatic rings. The van der Waals surface area contributed by atoms with Gasteiger partial charge in [0.25, 0.3) is 0 Å². The van der Waals surface area contributed by atoms with Gasteiger partial charge in [-0.2, -0.15) is 0 Å². The van der Waals surface area contributed by atoms with E-state index < -0.39 is 0 Å². The van der Waals surface area contributed by atoms with Crippen molar-refractivity contribution in [2.45, 2.75) is 6.92 Å². The molecule has 88 valence electrons. The molecule has 0 unspecified atom stereocenters. The van der Waals surface area contributed by atoms with Gasteiger partial charge in [0.2, 0.25) is 0 Å². The highest BCUT2D eigenvalue weighted by Gasteiger charge is 2.07. The molecule has 1 aromatic carbocycles. The molecule has 2 aromatic rings. The lowest BCUT2D eigenvalue weighted by molar-refractivity contribution is 1.18. The summed E-state index contributed by atoms with van der Waals surface area (Å²) in [6.07, 6.45) is 1.36. The molecule has 1 aromatic heterocycles. The van der Waals surface area contributed by atoms with Crippen molar-refractivity contribution in [2.24, 2.45) is 0 Å². The standard InChI is InChI=1S/C11H12ClN5/c1-6-2-3-7(12)4-8(6)17-11-9(13)10(14)15-5-16-11/h2-5H,13H2,1H3,(H3,14,15,16,17). The summed E-state index contributed by atoms with van der Waals surface area (Å²) < 4.78 is 0. The Labute approximate surface area is 104 Å². The Morgan fingerprint density at radius 3 is 2.76 bits per heavy atom. The van der Waals surface area contributed by atoms with Crippen LogP contribution in [0.15, 0.2) is 24.5 Å². The molecule has 0 spiro atoms. The number of nitrogens with zero attached hydrogens (tertiary/aromatic N) is 2. The summed E-state index contributed by atoms with van der Waals surface area (Å²) in [5.41, 5.74) is 13.6. The minimum atomic E-state index is 0.252. The van der Waals surface area contributed by atoms with Crippen molar-refractivity contribution in [3.05, 3.63) is 35.1 Å². The Kier molecular flexibility index (Phi) is 3.01. The van der Waals surface area contributed by atoms with E-state index in [-0.39, 0.29) is 5.82 Å². The Morgan fingerprint density at radius 1 is 1.24 bits per heavy atom. The number of rotatable bonds is 2. The maximum Gasteiger partial charge on any atom is 0.159 e. The van der Waals surface area contributed by atoms with E-state index >= 15 is 0 Å². The normalized spacial score (nSPS) is 10.2. The van der Waals surface area contributed by atoms with Crippen molar-refractivity contribution in [1.82, 2.24) is 9.97 Å². The molecule has 0 saturated heterocycles. The largest absolute Gasteiger partial charge is 0.393 e. The highest BCUT2D eigenvalue weighted by Crippen LogP contribution is 2.27. The van der Waals surface area contributed by atoms with E-state index in [9.17, 15) is 0 Å². The average molecular weight is 250 g/mol. The van der Waals surface area contributed by atoms with Crippen LogP contribution in [0.3, 0.4) is 0 Å². The van der Waals surface area contributed by atoms with Gasteiger partial charge in [0.15, 0.2) is 11.6 Å². The van der Waals surface area contributed by atoms with Gasteiger partial charge in [0.1, 0.15) is 12.0 Å². The van der Waals surface area contributed by atoms with Crippen molar-refractivity contribution >= 4 is 34.6 Å². The number of aromatic nitrogens is 2. The number of benzene rings is 1. The lowest BCUT2D eigenvalue weighted by Gasteiger charge is -2.11. The van der Waals surface area contributed by atoms with Gasteiger partial charge < -0.3 is 16.8 Å².